The van der Waals surface area contributed by atoms with E-state index in [0.717, 1.165) is 24.6 Å². The van der Waals surface area contributed by atoms with Crippen LogP contribution in [0.1, 0.15) is 19.3 Å². The van der Waals surface area contributed by atoms with E-state index in [-0.39, 0.29) is 5.56 Å². The Labute approximate surface area is 108 Å². The van der Waals surface area contributed by atoms with Crippen LogP contribution in [-0.2, 0) is 6.54 Å². The van der Waals surface area contributed by atoms with E-state index in [1.807, 2.05) is 12.1 Å². The summed E-state index contributed by atoms with van der Waals surface area (Å²) in [7, 11) is 0. The molecule has 0 aliphatic carbocycles. The average Bonchev–Trinajstić information content (AvgIpc) is 2.37. The van der Waals surface area contributed by atoms with Gasteiger partial charge in [0.25, 0.3) is 5.56 Å². The summed E-state index contributed by atoms with van der Waals surface area (Å²) in [5, 5.41) is 9.64. The Morgan fingerprint density at radius 1 is 1.18 bits per heavy atom. The number of hydrogen-bond donors (Lipinski definition) is 0. The Balaban J connectivity index is 2.18. The fourth-order valence-corrected chi connectivity index (χ4v) is 2.10. The van der Waals surface area contributed by atoms with Gasteiger partial charge in [-0.2, -0.15) is 0 Å². The quantitative estimate of drug-likeness (QED) is 0.628. The summed E-state index contributed by atoms with van der Waals surface area (Å²) < 4.78 is 1.45. The van der Waals surface area contributed by atoms with Crippen molar-refractivity contribution >= 4 is 26.8 Å². The molecule has 0 saturated carbocycles. The minimum absolute atomic E-state index is 0.0468. The fraction of sp³-hybridized carbons (Fsp3) is 0.417. The lowest BCUT2D eigenvalue weighted by Gasteiger charge is -2.03. The largest absolute Gasteiger partial charge is 0.277 e. The van der Waals surface area contributed by atoms with Crippen LogP contribution in [0.15, 0.2) is 29.1 Å². The van der Waals surface area contributed by atoms with Gasteiger partial charge in [0.1, 0.15) is 5.52 Å². The first-order valence-electron chi connectivity index (χ1n) is 5.71. The van der Waals surface area contributed by atoms with Crippen molar-refractivity contribution < 1.29 is 0 Å². The van der Waals surface area contributed by atoms with E-state index in [1.54, 1.807) is 12.1 Å². The van der Waals surface area contributed by atoms with Gasteiger partial charge in [0.15, 0.2) is 0 Å². The summed E-state index contributed by atoms with van der Waals surface area (Å²) in [4.78, 5) is 12.0. The molecule has 17 heavy (non-hydrogen) atoms. The first kappa shape index (κ1) is 12.2. The highest BCUT2D eigenvalue weighted by Crippen LogP contribution is 2.04. The zero-order chi connectivity index (χ0) is 12.1. The second kappa shape index (κ2) is 5.91. The van der Waals surface area contributed by atoms with E-state index in [2.05, 4.69) is 26.2 Å². The Morgan fingerprint density at radius 2 is 2.00 bits per heavy atom. The topological polar surface area (TPSA) is 47.8 Å². The molecule has 4 nitrogen and oxygen atoms in total. The van der Waals surface area contributed by atoms with Gasteiger partial charge in [-0.1, -0.05) is 39.7 Å². The van der Waals surface area contributed by atoms with E-state index in [1.165, 1.54) is 4.68 Å². The van der Waals surface area contributed by atoms with Crippen LogP contribution in [0.4, 0.5) is 0 Å². The number of benzene rings is 1. The number of hydrogen-bond acceptors (Lipinski definition) is 3. The molecule has 0 spiro atoms. The number of fused-ring (bicyclic) bond motifs is 1. The smallest absolute Gasteiger partial charge is 0.267 e. The molecule has 0 aliphatic heterocycles. The summed E-state index contributed by atoms with van der Waals surface area (Å²) in [6.07, 6.45) is 3.17. The standard InChI is InChI=1S/C12H14BrN3O/c13-8-4-1-5-9-16-12(17)10-6-2-3-7-11(10)14-15-16/h2-3,6-7H,1,4-5,8-9H2. The van der Waals surface area contributed by atoms with Gasteiger partial charge in [-0.3, -0.25) is 4.79 Å². The van der Waals surface area contributed by atoms with E-state index >= 15 is 0 Å². The molecule has 2 rings (SSSR count). The van der Waals surface area contributed by atoms with Gasteiger partial charge < -0.3 is 0 Å². The van der Waals surface area contributed by atoms with Gasteiger partial charge in [-0.05, 0) is 25.0 Å². The third-order valence-corrected chi connectivity index (χ3v) is 3.19. The Bertz CT molecular complexity index is 553. The second-order valence-electron chi connectivity index (χ2n) is 3.88. The number of aryl methyl sites for hydroxylation is 1. The second-order valence-corrected chi connectivity index (χ2v) is 4.68. The van der Waals surface area contributed by atoms with Gasteiger partial charge in [-0.25, -0.2) is 4.68 Å². The van der Waals surface area contributed by atoms with Crippen molar-refractivity contribution in [2.45, 2.75) is 25.8 Å². The fourth-order valence-electron chi connectivity index (χ4n) is 1.70. The van der Waals surface area contributed by atoms with Gasteiger partial charge in [-0.15, -0.1) is 5.10 Å². The summed E-state index contributed by atoms with van der Waals surface area (Å²) in [6, 6.07) is 7.30. The Kier molecular flexibility index (Phi) is 4.25. The zero-order valence-corrected chi connectivity index (χ0v) is 11.1. The molecule has 90 valence electrons. The molecule has 0 unspecified atom stereocenters. The van der Waals surface area contributed by atoms with Crippen LogP contribution in [0.3, 0.4) is 0 Å². The molecule has 0 N–H and O–H groups in total. The minimum Gasteiger partial charge on any atom is -0.267 e. The Morgan fingerprint density at radius 3 is 2.82 bits per heavy atom. The number of halogens is 1. The zero-order valence-electron chi connectivity index (χ0n) is 9.47. The van der Waals surface area contributed by atoms with Crippen LogP contribution in [-0.4, -0.2) is 20.3 Å². The summed E-state index contributed by atoms with van der Waals surface area (Å²) in [5.41, 5.74) is 0.614. The van der Waals surface area contributed by atoms with Crippen molar-refractivity contribution in [2.24, 2.45) is 0 Å². The first-order valence-corrected chi connectivity index (χ1v) is 6.83. The van der Waals surface area contributed by atoms with Crippen LogP contribution < -0.4 is 5.56 Å². The number of aromatic nitrogens is 3. The van der Waals surface area contributed by atoms with Crippen molar-refractivity contribution in [1.29, 1.82) is 0 Å². The van der Waals surface area contributed by atoms with Crippen LogP contribution in [0.25, 0.3) is 10.9 Å². The van der Waals surface area contributed by atoms with Crippen LogP contribution in [0, 0.1) is 0 Å². The molecule has 0 bridgehead atoms. The van der Waals surface area contributed by atoms with Gasteiger partial charge >= 0.3 is 0 Å². The van der Waals surface area contributed by atoms with Crippen molar-refractivity contribution in [3.63, 3.8) is 0 Å². The van der Waals surface area contributed by atoms with E-state index in [9.17, 15) is 4.79 Å². The van der Waals surface area contributed by atoms with E-state index < -0.39 is 0 Å². The summed E-state index contributed by atoms with van der Waals surface area (Å²) >= 11 is 3.39. The third-order valence-electron chi connectivity index (χ3n) is 2.63. The molecule has 0 fully saturated rings. The molecule has 1 heterocycles. The SMILES string of the molecule is O=c1c2ccccc2nnn1CCCCCBr. The molecular weight excluding hydrogens is 282 g/mol. The van der Waals surface area contributed by atoms with Crippen LogP contribution >= 0.6 is 15.9 Å². The predicted molar refractivity (Wildman–Crippen MR) is 71.4 cm³/mol. The predicted octanol–water partition coefficient (Wildman–Crippen LogP) is 2.36. The van der Waals surface area contributed by atoms with Crippen LogP contribution in [0.2, 0.25) is 0 Å². The Hall–Kier alpha value is -1.23. The molecule has 1 aromatic carbocycles. The third kappa shape index (κ3) is 2.91. The van der Waals surface area contributed by atoms with Crippen molar-refractivity contribution in [2.75, 3.05) is 5.33 Å². The minimum atomic E-state index is -0.0468. The van der Waals surface area contributed by atoms with E-state index in [4.69, 9.17) is 0 Å². The van der Waals surface area contributed by atoms with Crippen molar-refractivity contribution in [1.82, 2.24) is 15.0 Å². The maximum atomic E-state index is 12.0. The molecule has 0 amide bonds. The summed E-state index contributed by atoms with van der Waals surface area (Å²) in [6.45, 7) is 0.643. The summed E-state index contributed by atoms with van der Waals surface area (Å²) in [5.74, 6) is 0. The molecule has 2 aromatic rings. The number of rotatable bonds is 5. The lowest BCUT2D eigenvalue weighted by atomic mass is 10.2. The highest BCUT2D eigenvalue weighted by atomic mass is 79.9. The molecule has 0 radical (unpaired) electrons. The van der Waals surface area contributed by atoms with E-state index in [0.29, 0.717) is 17.4 Å². The highest BCUT2D eigenvalue weighted by Gasteiger charge is 2.03. The molecule has 1 aromatic heterocycles. The first-order chi connectivity index (χ1) is 8.33. The number of nitrogens with zero attached hydrogens (tertiary/aromatic N) is 3. The van der Waals surface area contributed by atoms with Crippen LogP contribution in [0.5, 0.6) is 0 Å². The number of unbranched alkanes of at least 4 members (excludes halogenated alkanes) is 2. The maximum Gasteiger partial charge on any atom is 0.277 e. The lowest BCUT2D eigenvalue weighted by molar-refractivity contribution is 0.510. The van der Waals surface area contributed by atoms with Gasteiger partial charge in [0, 0.05) is 11.9 Å². The lowest BCUT2D eigenvalue weighted by Crippen LogP contribution is -2.24. The monoisotopic (exact) mass is 295 g/mol. The highest BCUT2D eigenvalue weighted by molar-refractivity contribution is 9.09. The molecule has 0 saturated heterocycles. The molecule has 0 aliphatic rings. The van der Waals surface area contributed by atoms with Crippen molar-refractivity contribution in [3.8, 4) is 0 Å². The molecular formula is C12H14BrN3O. The van der Waals surface area contributed by atoms with Gasteiger partial charge in [0.2, 0.25) is 0 Å². The number of alkyl halides is 1. The average molecular weight is 296 g/mol. The van der Waals surface area contributed by atoms with Crippen molar-refractivity contribution in [3.05, 3.63) is 34.6 Å². The normalized spacial score (nSPS) is 10.9. The maximum absolute atomic E-state index is 12.0. The molecule has 5 heteroatoms. The molecule has 0 atom stereocenters. The van der Waals surface area contributed by atoms with Gasteiger partial charge in [0.05, 0.1) is 5.39 Å².